The summed E-state index contributed by atoms with van der Waals surface area (Å²) < 4.78 is 0. The van der Waals surface area contributed by atoms with E-state index in [1.165, 1.54) is 32.2 Å². The minimum atomic E-state index is 0.951. The summed E-state index contributed by atoms with van der Waals surface area (Å²) in [6, 6.07) is 0. The highest BCUT2D eigenvalue weighted by molar-refractivity contribution is 4.73. The molecule has 0 aromatic carbocycles. The largest absolute Gasteiger partial charge is 0.309 e. The summed E-state index contributed by atoms with van der Waals surface area (Å²) in [6.45, 7) is 6.13. The molecule has 0 saturated heterocycles. The first-order chi connectivity index (χ1) is 6.09. The van der Waals surface area contributed by atoms with Crippen LogP contribution in [0.1, 0.15) is 39.5 Å². The molecule has 2 unspecified atom stereocenters. The maximum Gasteiger partial charge on any atom is 0.000356 e. The van der Waals surface area contributed by atoms with Crippen LogP contribution in [-0.4, -0.2) is 25.5 Å². The average molecular weight is 183 g/mol. The summed E-state index contributed by atoms with van der Waals surface area (Å²) in [5.74, 6) is 2.86. The lowest BCUT2D eigenvalue weighted by Crippen LogP contribution is -2.21. The van der Waals surface area contributed by atoms with Crippen molar-refractivity contribution in [2.45, 2.75) is 39.5 Å². The van der Waals surface area contributed by atoms with Crippen molar-refractivity contribution in [2.75, 3.05) is 20.6 Å². The standard InChI is InChI=1S/C12H25N/c1-10-5-7-12(9-13(3)4)8-6-11(10)2/h10-12H,5-9H2,1-4H3. The zero-order chi connectivity index (χ0) is 9.84. The van der Waals surface area contributed by atoms with Crippen LogP contribution in [0.15, 0.2) is 0 Å². The fraction of sp³-hybridized carbons (Fsp3) is 1.00. The van der Waals surface area contributed by atoms with Gasteiger partial charge >= 0.3 is 0 Å². The highest BCUT2D eigenvalue weighted by atomic mass is 15.1. The predicted octanol–water partition coefficient (Wildman–Crippen LogP) is 3.01. The van der Waals surface area contributed by atoms with E-state index in [1.54, 1.807) is 0 Å². The van der Waals surface area contributed by atoms with Crippen molar-refractivity contribution in [3.8, 4) is 0 Å². The summed E-state index contributed by atoms with van der Waals surface area (Å²) in [4.78, 5) is 2.34. The maximum absolute atomic E-state index is 2.42. The van der Waals surface area contributed by atoms with Crippen molar-refractivity contribution in [1.29, 1.82) is 0 Å². The third-order valence-corrected chi connectivity index (χ3v) is 3.66. The van der Waals surface area contributed by atoms with Gasteiger partial charge in [0.15, 0.2) is 0 Å². The molecular weight excluding hydrogens is 158 g/mol. The molecule has 1 nitrogen and oxygen atoms in total. The highest BCUT2D eigenvalue weighted by Crippen LogP contribution is 2.31. The smallest absolute Gasteiger partial charge is 0.000356 e. The molecule has 78 valence electrons. The molecule has 13 heavy (non-hydrogen) atoms. The molecule has 1 rings (SSSR count). The van der Waals surface area contributed by atoms with Crippen LogP contribution in [0.5, 0.6) is 0 Å². The SMILES string of the molecule is CC1CCC(CN(C)C)CCC1C. The summed E-state index contributed by atoms with van der Waals surface area (Å²) in [7, 11) is 4.38. The minimum absolute atomic E-state index is 0.951. The highest BCUT2D eigenvalue weighted by Gasteiger charge is 2.21. The first-order valence-corrected chi connectivity index (χ1v) is 5.74. The van der Waals surface area contributed by atoms with Crippen LogP contribution in [0.25, 0.3) is 0 Å². The molecule has 1 aliphatic carbocycles. The Hall–Kier alpha value is -0.0400. The van der Waals surface area contributed by atoms with Gasteiger partial charge in [0.2, 0.25) is 0 Å². The second-order valence-corrected chi connectivity index (χ2v) is 5.24. The first-order valence-electron chi connectivity index (χ1n) is 5.74. The Morgan fingerprint density at radius 1 is 0.923 bits per heavy atom. The Kier molecular flexibility index (Phi) is 4.24. The maximum atomic E-state index is 2.42. The molecule has 0 aromatic heterocycles. The summed E-state index contributed by atoms with van der Waals surface area (Å²) in [6.07, 6.45) is 5.78. The van der Waals surface area contributed by atoms with Gasteiger partial charge in [0.1, 0.15) is 0 Å². The molecule has 0 amide bonds. The van der Waals surface area contributed by atoms with Crippen LogP contribution in [0, 0.1) is 17.8 Å². The van der Waals surface area contributed by atoms with Crippen LogP contribution in [0.2, 0.25) is 0 Å². The van der Waals surface area contributed by atoms with E-state index >= 15 is 0 Å². The lowest BCUT2D eigenvalue weighted by atomic mass is 9.92. The summed E-state index contributed by atoms with van der Waals surface area (Å²) in [5.41, 5.74) is 0. The van der Waals surface area contributed by atoms with E-state index in [0.29, 0.717) is 0 Å². The van der Waals surface area contributed by atoms with Crippen LogP contribution < -0.4 is 0 Å². The number of rotatable bonds is 2. The quantitative estimate of drug-likeness (QED) is 0.595. The molecule has 2 atom stereocenters. The van der Waals surface area contributed by atoms with Crippen molar-refractivity contribution in [3.05, 3.63) is 0 Å². The molecular formula is C12H25N. The van der Waals surface area contributed by atoms with E-state index < -0.39 is 0 Å². The van der Waals surface area contributed by atoms with Crippen LogP contribution >= 0.6 is 0 Å². The molecule has 1 saturated carbocycles. The van der Waals surface area contributed by atoms with Gasteiger partial charge in [0, 0.05) is 6.54 Å². The minimum Gasteiger partial charge on any atom is -0.309 e. The van der Waals surface area contributed by atoms with Gasteiger partial charge in [-0.3, -0.25) is 0 Å². The van der Waals surface area contributed by atoms with E-state index in [1.807, 2.05) is 0 Å². The Balaban J connectivity index is 2.35. The molecule has 0 heterocycles. The van der Waals surface area contributed by atoms with E-state index in [9.17, 15) is 0 Å². The Morgan fingerprint density at radius 2 is 1.38 bits per heavy atom. The molecule has 0 aliphatic heterocycles. The van der Waals surface area contributed by atoms with Gasteiger partial charge in [0.05, 0.1) is 0 Å². The van der Waals surface area contributed by atoms with Gasteiger partial charge < -0.3 is 4.90 Å². The van der Waals surface area contributed by atoms with Gasteiger partial charge in [-0.15, -0.1) is 0 Å². The van der Waals surface area contributed by atoms with Gasteiger partial charge in [-0.05, 0) is 44.7 Å². The number of nitrogens with zero attached hydrogens (tertiary/aromatic N) is 1. The number of hydrogen-bond acceptors (Lipinski definition) is 1. The first kappa shape index (κ1) is 11.0. The average Bonchev–Trinajstić information content (AvgIpc) is 2.19. The third kappa shape index (κ3) is 3.68. The van der Waals surface area contributed by atoms with Crippen molar-refractivity contribution in [2.24, 2.45) is 17.8 Å². The molecule has 0 N–H and O–H groups in total. The van der Waals surface area contributed by atoms with E-state index in [-0.39, 0.29) is 0 Å². The lowest BCUT2D eigenvalue weighted by molar-refractivity contribution is 0.299. The van der Waals surface area contributed by atoms with E-state index in [0.717, 1.165) is 17.8 Å². The molecule has 1 aliphatic rings. The topological polar surface area (TPSA) is 3.24 Å². The summed E-state index contributed by atoms with van der Waals surface area (Å²) in [5, 5.41) is 0. The number of hydrogen-bond donors (Lipinski definition) is 0. The normalized spacial score (nSPS) is 36.2. The zero-order valence-electron chi connectivity index (χ0n) is 9.71. The van der Waals surface area contributed by atoms with Crippen molar-refractivity contribution >= 4 is 0 Å². The van der Waals surface area contributed by atoms with Crippen molar-refractivity contribution < 1.29 is 0 Å². The molecule has 1 fully saturated rings. The molecule has 0 bridgehead atoms. The van der Waals surface area contributed by atoms with Crippen molar-refractivity contribution in [3.63, 3.8) is 0 Å². The second kappa shape index (κ2) is 4.99. The lowest BCUT2D eigenvalue weighted by Gasteiger charge is -2.18. The van der Waals surface area contributed by atoms with Crippen LogP contribution in [0.4, 0.5) is 0 Å². The molecule has 0 aromatic rings. The third-order valence-electron chi connectivity index (χ3n) is 3.66. The monoisotopic (exact) mass is 183 g/mol. The van der Waals surface area contributed by atoms with Crippen LogP contribution in [0.3, 0.4) is 0 Å². The predicted molar refractivity (Wildman–Crippen MR) is 58.8 cm³/mol. The zero-order valence-corrected chi connectivity index (χ0v) is 9.71. The van der Waals surface area contributed by atoms with Gasteiger partial charge in [-0.2, -0.15) is 0 Å². The van der Waals surface area contributed by atoms with Gasteiger partial charge in [-0.1, -0.05) is 26.7 Å². The Labute approximate surface area is 83.5 Å². The summed E-state index contributed by atoms with van der Waals surface area (Å²) >= 11 is 0. The molecule has 0 radical (unpaired) electrons. The fourth-order valence-electron chi connectivity index (χ4n) is 2.41. The van der Waals surface area contributed by atoms with Crippen molar-refractivity contribution in [1.82, 2.24) is 4.90 Å². The molecule has 1 heteroatoms. The van der Waals surface area contributed by atoms with Gasteiger partial charge in [-0.25, -0.2) is 0 Å². The van der Waals surface area contributed by atoms with E-state index in [4.69, 9.17) is 0 Å². The van der Waals surface area contributed by atoms with Gasteiger partial charge in [0.25, 0.3) is 0 Å². The second-order valence-electron chi connectivity index (χ2n) is 5.24. The van der Waals surface area contributed by atoms with Crippen LogP contribution in [-0.2, 0) is 0 Å². The van der Waals surface area contributed by atoms with E-state index in [2.05, 4.69) is 32.8 Å². The Morgan fingerprint density at radius 3 is 1.77 bits per heavy atom. The Bertz CT molecular complexity index is 130. The fourth-order valence-corrected chi connectivity index (χ4v) is 2.41. The molecule has 0 spiro atoms.